The van der Waals surface area contributed by atoms with E-state index in [1.807, 2.05) is 61.7 Å². The van der Waals surface area contributed by atoms with E-state index in [-0.39, 0.29) is 5.91 Å². The number of likely N-dealkylation sites (N-methyl/N-ethyl adjacent to an activating group) is 1. The summed E-state index contributed by atoms with van der Waals surface area (Å²) in [6.07, 6.45) is 5.16. The van der Waals surface area contributed by atoms with Crippen molar-refractivity contribution in [2.75, 3.05) is 19.4 Å². The van der Waals surface area contributed by atoms with Gasteiger partial charge in [0.2, 0.25) is 5.91 Å². The van der Waals surface area contributed by atoms with E-state index in [0.717, 1.165) is 39.1 Å². The lowest BCUT2D eigenvalue weighted by Crippen LogP contribution is -2.23. The van der Waals surface area contributed by atoms with Crippen LogP contribution in [0.25, 0.3) is 16.6 Å². The third-order valence-electron chi connectivity index (χ3n) is 5.47. The number of amides is 1. The number of carbonyl (C=O) groups is 1. The van der Waals surface area contributed by atoms with E-state index in [1.54, 1.807) is 23.5 Å². The first-order valence-electron chi connectivity index (χ1n) is 10.7. The molecule has 9 heteroatoms. The number of fused-ring (bicyclic) bond motifs is 2. The van der Waals surface area contributed by atoms with Crippen molar-refractivity contribution in [1.29, 1.82) is 0 Å². The highest BCUT2D eigenvalue weighted by atomic mass is 16.5. The first-order valence-corrected chi connectivity index (χ1v) is 10.7. The molecule has 0 unspecified atom stereocenters. The predicted molar refractivity (Wildman–Crippen MR) is 129 cm³/mol. The molecule has 34 heavy (non-hydrogen) atoms. The van der Waals surface area contributed by atoms with Crippen LogP contribution in [-0.2, 0) is 11.2 Å². The fourth-order valence-corrected chi connectivity index (χ4v) is 3.61. The quantitative estimate of drug-likeness (QED) is 0.412. The van der Waals surface area contributed by atoms with Crippen LogP contribution in [-0.4, -0.2) is 49.5 Å². The van der Waals surface area contributed by atoms with Gasteiger partial charge in [-0.05, 0) is 54.4 Å². The van der Waals surface area contributed by atoms with E-state index in [0.29, 0.717) is 18.0 Å². The molecule has 1 N–H and O–H groups in total. The Balaban J connectivity index is 1.38. The number of hydrogen-bond donors (Lipinski definition) is 1. The van der Waals surface area contributed by atoms with E-state index in [9.17, 15) is 4.79 Å². The van der Waals surface area contributed by atoms with Crippen LogP contribution in [0.4, 0.5) is 11.5 Å². The van der Waals surface area contributed by atoms with E-state index in [2.05, 4.69) is 25.4 Å². The molecule has 3 heterocycles. The largest absolute Gasteiger partial charge is 0.457 e. The number of benzene rings is 2. The number of hydrogen-bond acceptors (Lipinski definition) is 7. The lowest BCUT2D eigenvalue weighted by molar-refractivity contribution is -0.127. The summed E-state index contributed by atoms with van der Waals surface area (Å²) in [4.78, 5) is 26.7. The Hall–Kier alpha value is -4.53. The number of nitrogens with zero attached hydrogens (tertiary/aromatic N) is 6. The minimum Gasteiger partial charge on any atom is -0.457 e. The Bertz CT molecular complexity index is 1510. The molecule has 0 bridgehead atoms. The fraction of sp³-hybridized carbons (Fsp3) is 0.160. The number of anilines is 2. The smallest absolute Gasteiger partial charge is 0.226 e. The Labute approximate surface area is 196 Å². The lowest BCUT2D eigenvalue weighted by Gasteiger charge is -2.13. The zero-order valence-electron chi connectivity index (χ0n) is 19.1. The number of nitrogens with one attached hydrogen (secondary N) is 1. The van der Waals surface area contributed by atoms with Gasteiger partial charge in [-0.2, -0.15) is 5.10 Å². The van der Waals surface area contributed by atoms with Crippen LogP contribution in [0.15, 0.2) is 67.4 Å². The van der Waals surface area contributed by atoms with Gasteiger partial charge in [-0.25, -0.2) is 19.5 Å². The zero-order valence-corrected chi connectivity index (χ0v) is 19.1. The van der Waals surface area contributed by atoms with Gasteiger partial charge in [-0.15, -0.1) is 0 Å². The van der Waals surface area contributed by atoms with Gasteiger partial charge < -0.3 is 15.0 Å². The van der Waals surface area contributed by atoms with E-state index < -0.39 is 0 Å². The maximum absolute atomic E-state index is 12.1. The summed E-state index contributed by atoms with van der Waals surface area (Å²) in [6.45, 7) is 1.99. The molecule has 5 rings (SSSR count). The summed E-state index contributed by atoms with van der Waals surface area (Å²) in [5, 5.41) is 8.33. The minimum absolute atomic E-state index is 0.0417. The summed E-state index contributed by atoms with van der Waals surface area (Å²) < 4.78 is 7.74. The van der Waals surface area contributed by atoms with Gasteiger partial charge in [0.25, 0.3) is 0 Å². The normalized spacial score (nSPS) is 11.0. The first-order chi connectivity index (χ1) is 16.5. The molecule has 170 valence electrons. The van der Waals surface area contributed by atoms with Crippen LogP contribution in [0.2, 0.25) is 0 Å². The van der Waals surface area contributed by atoms with Gasteiger partial charge in [0, 0.05) is 37.4 Å². The standard InChI is InChI=1S/C25H23N7O2/c1-16-10-18(5-7-22(16)34-19-8-9-32-23(13-19)27-15-29-32)30-25-20-11-17(12-24(33)31(2)3)4-6-21(20)26-14-28-25/h4-11,13-15H,12H2,1-3H3,(H,26,28,30). The van der Waals surface area contributed by atoms with Crippen molar-refractivity contribution < 1.29 is 9.53 Å². The van der Waals surface area contributed by atoms with Gasteiger partial charge in [0.05, 0.1) is 11.9 Å². The monoisotopic (exact) mass is 453 g/mol. The molecule has 0 aliphatic heterocycles. The first kappa shape index (κ1) is 21.3. The molecule has 2 aromatic carbocycles. The van der Waals surface area contributed by atoms with Crippen molar-refractivity contribution in [2.24, 2.45) is 0 Å². The van der Waals surface area contributed by atoms with Crippen molar-refractivity contribution in [1.82, 2.24) is 29.5 Å². The number of carbonyl (C=O) groups excluding carboxylic acids is 1. The average molecular weight is 454 g/mol. The number of pyridine rings is 1. The second-order valence-electron chi connectivity index (χ2n) is 8.17. The van der Waals surface area contributed by atoms with Gasteiger partial charge >= 0.3 is 0 Å². The molecule has 0 saturated heterocycles. The average Bonchev–Trinajstić information content (AvgIpc) is 3.29. The summed E-state index contributed by atoms with van der Waals surface area (Å²) in [5.74, 6) is 2.15. The van der Waals surface area contributed by atoms with E-state index >= 15 is 0 Å². The second kappa shape index (κ2) is 8.78. The highest BCUT2D eigenvalue weighted by molar-refractivity contribution is 5.92. The molecule has 0 aliphatic rings. The Morgan fingerprint density at radius 1 is 1.03 bits per heavy atom. The van der Waals surface area contributed by atoms with E-state index in [1.165, 1.54) is 12.7 Å². The maximum atomic E-state index is 12.1. The molecule has 3 aromatic heterocycles. The lowest BCUT2D eigenvalue weighted by atomic mass is 10.1. The van der Waals surface area contributed by atoms with Crippen LogP contribution >= 0.6 is 0 Å². The minimum atomic E-state index is 0.0417. The Morgan fingerprint density at radius 3 is 2.74 bits per heavy atom. The molecular weight excluding hydrogens is 430 g/mol. The Kier molecular flexibility index (Phi) is 5.51. The predicted octanol–water partition coefficient (Wildman–Crippen LogP) is 4.15. The van der Waals surface area contributed by atoms with Crippen molar-refractivity contribution in [3.05, 3.63) is 78.5 Å². The molecule has 0 radical (unpaired) electrons. The van der Waals surface area contributed by atoms with Crippen molar-refractivity contribution in [2.45, 2.75) is 13.3 Å². The summed E-state index contributed by atoms with van der Waals surface area (Å²) in [5.41, 5.74) is 4.26. The van der Waals surface area contributed by atoms with Gasteiger partial charge in [0.1, 0.15) is 30.0 Å². The molecule has 0 aliphatic carbocycles. The molecule has 0 spiro atoms. The van der Waals surface area contributed by atoms with Crippen molar-refractivity contribution in [3.8, 4) is 11.5 Å². The molecule has 9 nitrogen and oxygen atoms in total. The van der Waals surface area contributed by atoms with Gasteiger partial charge in [0.15, 0.2) is 5.65 Å². The second-order valence-corrected chi connectivity index (χ2v) is 8.17. The number of aryl methyl sites for hydroxylation is 1. The summed E-state index contributed by atoms with van der Waals surface area (Å²) >= 11 is 0. The van der Waals surface area contributed by atoms with Crippen LogP contribution < -0.4 is 10.1 Å². The number of ether oxygens (including phenoxy) is 1. The molecular formula is C25H23N7O2. The molecule has 1 amide bonds. The van der Waals surface area contributed by atoms with Crippen molar-refractivity contribution in [3.63, 3.8) is 0 Å². The highest BCUT2D eigenvalue weighted by Gasteiger charge is 2.11. The van der Waals surface area contributed by atoms with Gasteiger partial charge in [-0.1, -0.05) is 6.07 Å². The summed E-state index contributed by atoms with van der Waals surface area (Å²) in [7, 11) is 3.50. The molecule has 5 aromatic rings. The summed E-state index contributed by atoms with van der Waals surface area (Å²) in [6, 6.07) is 15.3. The zero-order chi connectivity index (χ0) is 23.7. The van der Waals surface area contributed by atoms with Crippen LogP contribution in [0.1, 0.15) is 11.1 Å². The fourth-order valence-electron chi connectivity index (χ4n) is 3.61. The highest BCUT2D eigenvalue weighted by Crippen LogP contribution is 2.30. The van der Waals surface area contributed by atoms with Gasteiger partial charge in [-0.3, -0.25) is 4.79 Å². The van der Waals surface area contributed by atoms with Crippen LogP contribution in [0.3, 0.4) is 0 Å². The maximum Gasteiger partial charge on any atom is 0.226 e. The van der Waals surface area contributed by atoms with Crippen molar-refractivity contribution >= 4 is 34.0 Å². The third kappa shape index (κ3) is 4.36. The molecule has 0 saturated carbocycles. The topological polar surface area (TPSA) is 97.5 Å². The molecule has 0 fully saturated rings. The van der Waals surface area contributed by atoms with E-state index in [4.69, 9.17) is 4.74 Å². The van der Waals surface area contributed by atoms with Crippen LogP contribution in [0, 0.1) is 6.92 Å². The SMILES string of the molecule is Cc1cc(Nc2ncnc3ccc(CC(=O)N(C)C)cc23)ccc1Oc1ccn2ncnc2c1. The number of aromatic nitrogens is 5. The van der Waals surface area contributed by atoms with Crippen LogP contribution in [0.5, 0.6) is 11.5 Å². The number of rotatable bonds is 6. The third-order valence-corrected chi connectivity index (χ3v) is 5.47. The Morgan fingerprint density at radius 2 is 1.91 bits per heavy atom. The molecule has 0 atom stereocenters.